The fourth-order valence-corrected chi connectivity index (χ4v) is 3.05. The van der Waals surface area contributed by atoms with Gasteiger partial charge in [0.15, 0.2) is 0 Å². The van der Waals surface area contributed by atoms with Gasteiger partial charge in [0.25, 0.3) is 0 Å². The zero-order valence-corrected chi connectivity index (χ0v) is 14.5. The van der Waals surface area contributed by atoms with Crippen LogP contribution in [0.5, 0.6) is 5.75 Å². The molecule has 2 heterocycles. The number of nitrogens with one attached hydrogen (secondary N) is 2. The third-order valence-electron chi connectivity index (χ3n) is 4.15. The maximum Gasteiger partial charge on any atom is 0.322 e. The highest BCUT2D eigenvalue weighted by Gasteiger charge is 2.30. The topological polar surface area (TPSA) is 70.2 Å². The lowest BCUT2D eigenvalue weighted by molar-refractivity contribution is 0.159. The van der Waals surface area contributed by atoms with Crippen LogP contribution in [0.2, 0.25) is 0 Å². The van der Waals surface area contributed by atoms with E-state index in [2.05, 4.69) is 15.3 Å². The third-order valence-corrected chi connectivity index (χ3v) is 4.15. The number of imidazole rings is 1. The summed E-state index contributed by atoms with van der Waals surface area (Å²) in [6.45, 7) is 4.37. The first-order valence-corrected chi connectivity index (χ1v) is 8.57. The van der Waals surface area contributed by atoms with Gasteiger partial charge in [-0.1, -0.05) is 0 Å². The Morgan fingerprint density at radius 3 is 2.96 bits per heavy atom. The van der Waals surface area contributed by atoms with E-state index in [0.717, 1.165) is 25.1 Å². The van der Waals surface area contributed by atoms with Gasteiger partial charge in [0.05, 0.1) is 17.8 Å². The molecule has 0 spiro atoms. The Kier molecular flexibility index (Phi) is 5.21. The lowest BCUT2D eigenvalue weighted by Crippen LogP contribution is -2.41. The Morgan fingerprint density at radius 2 is 2.28 bits per heavy atom. The summed E-state index contributed by atoms with van der Waals surface area (Å²) >= 11 is 0. The van der Waals surface area contributed by atoms with Gasteiger partial charge in [-0.15, -0.1) is 0 Å². The van der Waals surface area contributed by atoms with Gasteiger partial charge in [0.1, 0.15) is 17.4 Å². The lowest BCUT2D eigenvalue weighted by Gasteiger charge is -2.34. The Labute approximate surface area is 146 Å². The third kappa shape index (κ3) is 4.10. The number of aromatic amines is 1. The summed E-state index contributed by atoms with van der Waals surface area (Å²) in [5.74, 6) is 0.686. The van der Waals surface area contributed by atoms with E-state index in [9.17, 15) is 9.18 Å². The van der Waals surface area contributed by atoms with E-state index in [0.29, 0.717) is 12.3 Å². The van der Waals surface area contributed by atoms with Gasteiger partial charge in [-0.05, 0) is 45.2 Å². The number of ether oxygens (including phenoxy) is 1. The van der Waals surface area contributed by atoms with Crippen LogP contribution >= 0.6 is 0 Å². The van der Waals surface area contributed by atoms with Crippen molar-refractivity contribution >= 4 is 11.7 Å². The molecule has 6 nitrogen and oxygen atoms in total. The first-order valence-electron chi connectivity index (χ1n) is 8.57. The molecule has 1 saturated heterocycles. The number of benzene rings is 1. The maximum atomic E-state index is 14.3. The molecule has 1 aliphatic heterocycles. The summed E-state index contributed by atoms with van der Waals surface area (Å²) in [6.07, 6.45) is 6.17. The molecule has 3 rings (SSSR count). The van der Waals surface area contributed by atoms with E-state index >= 15 is 0 Å². The Morgan fingerprint density at radius 1 is 1.44 bits per heavy atom. The van der Waals surface area contributed by atoms with Crippen LogP contribution in [0.15, 0.2) is 30.6 Å². The minimum Gasteiger partial charge on any atom is -0.491 e. The first-order chi connectivity index (χ1) is 12.0. The van der Waals surface area contributed by atoms with Crippen molar-refractivity contribution in [1.82, 2.24) is 14.9 Å². The van der Waals surface area contributed by atoms with Crippen molar-refractivity contribution in [3.8, 4) is 5.75 Å². The predicted molar refractivity (Wildman–Crippen MR) is 93.1 cm³/mol. The summed E-state index contributed by atoms with van der Waals surface area (Å²) in [7, 11) is 0. The summed E-state index contributed by atoms with van der Waals surface area (Å²) in [4.78, 5) is 21.7. The average Bonchev–Trinajstić information content (AvgIpc) is 3.11. The van der Waals surface area contributed by atoms with Gasteiger partial charge in [-0.3, -0.25) is 0 Å². The summed E-state index contributed by atoms with van der Waals surface area (Å²) < 4.78 is 19.7. The van der Waals surface area contributed by atoms with Crippen molar-refractivity contribution in [3.63, 3.8) is 0 Å². The van der Waals surface area contributed by atoms with Crippen molar-refractivity contribution in [1.29, 1.82) is 0 Å². The molecule has 1 atom stereocenters. The van der Waals surface area contributed by atoms with Gasteiger partial charge in [0.2, 0.25) is 0 Å². The fourth-order valence-electron chi connectivity index (χ4n) is 3.05. The van der Waals surface area contributed by atoms with Crippen molar-refractivity contribution < 1.29 is 13.9 Å². The smallest absolute Gasteiger partial charge is 0.322 e. The highest BCUT2D eigenvalue weighted by Crippen LogP contribution is 2.30. The Bertz CT molecular complexity index is 718. The Balaban J connectivity index is 1.72. The van der Waals surface area contributed by atoms with E-state index in [-0.39, 0.29) is 23.9 Å². The first kappa shape index (κ1) is 17.3. The minimum atomic E-state index is -0.516. The van der Waals surface area contributed by atoms with Crippen molar-refractivity contribution in [2.24, 2.45) is 0 Å². The number of anilines is 1. The fraction of sp³-hybridized carbons (Fsp3) is 0.444. The minimum absolute atomic E-state index is 0.0396. The van der Waals surface area contributed by atoms with Gasteiger partial charge >= 0.3 is 6.03 Å². The van der Waals surface area contributed by atoms with Gasteiger partial charge < -0.3 is 19.9 Å². The maximum absolute atomic E-state index is 14.3. The number of urea groups is 1. The number of hydrogen-bond acceptors (Lipinski definition) is 3. The zero-order valence-electron chi connectivity index (χ0n) is 14.5. The predicted octanol–water partition coefficient (Wildman–Crippen LogP) is 4.10. The second-order valence-corrected chi connectivity index (χ2v) is 6.42. The molecule has 0 radical (unpaired) electrons. The standard InChI is InChI=1S/C18H23FN4O2/c1-12(2)25-13-6-7-15(14(19)11-13)22-18(24)23-10-4-3-5-16(23)17-20-8-9-21-17/h6-9,11-12,16H,3-5,10H2,1-2H3,(H,20,21)(H,22,24)/t16-/m1/s1. The highest BCUT2D eigenvalue weighted by atomic mass is 19.1. The van der Waals surface area contributed by atoms with Crippen LogP contribution in [0, 0.1) is 5.82 Å². The number of amides is 2. The molecule has 0 aliphatic carbocycles. The molecule has 0 unspecified atom stereocenters. The zero-order chi connectivity index (χ0) is 17.8. The molecule has 2 aromatic rings. The van der Waals surface area contributed by atoms with Crippen LogP contribution < -0.4 is 10.1 Å². The number of H-pyrrole nitrogens is 1. The largest absolute Gasteiger partial charge is 0.491 e. The molecule has 1 aliphatic rings. The van der Waals surface area contributed by atoms with Crippen LogP contribution in [0.3, 0.4) is 0 Å². The number of carbonyl (C=O) groups is 1. The molecule has 1 aromatic heterocycles. The van der Waals surface area contributed by atoms with Crippen molar-refractivity contribution in [3.05, 3.63) is 42.2 Å². The van der Waals surface area contributed by atoms with Crippen LogP contribution in [0.25, 0.3) is 0 Å². The molecule has 7 heteroatoms. The molecular weight excluding hydrogens is 323 g/mol. The molecule has 0 bridgehead atoms. The summed E-state index contributed by atoms with van der Waals surface area (Å²) in [5, 5.41) is 2.67. The number of rotatable bonds is 4. The van der Waals surface area contributed by atoms with E-state index in [1.54, 1.807) is 23.4 Å². The number of piperidine rings is 1. The Hall–Kier alpha value is -2.57. The summed E-state index contributed by atoms with van der Waals surface area (Å²) in [5.41, 5.74) is 0.143. The number of aromatic nitrogens is 2. The second-order valence-electron chi connectivity index (χ2n) is 6.42. The van der Waals surface area contributed by atoms with E-state index in [1.807, 2.05) is 13.8 Å². The molecule has 1 aromatic carbocycles. The van der Waals surface area contributed by atoms with Crippen LogP contribution in [0.1, 0.15) is 45.0 Å². The van der Waals surface area contributed by atoms with E-state index < -0.39 is 5.82 Å². The molecule has 1 fully saturated rings. The van der Waals surface area contributed by atoms with Crippen molar-refractivity contribution in [2.75, 3.05) is 11.9 Å². The number of nitrogens with zero attached hydrogens (tertiary/aromatic N) is 2. The van der Waals surface area contributed by atoms with E-state index in [1.165, 1.54) is 12.1 Å². The molecule has 25 heavy (non-hydrogen) atoms. The second kappa shape index (κ2) is 7.55. The monoisotopic (exact) mass is 346 g/mol. The highest BCUT2D eigenvalue weighted by molar-refractivity contribution is 5.89. The quantitative estimate of drug-likeness (QED) is 0.876. The number of halogens is 1. The molecule has 2 N–H and O–H groups in total. The van der Waals surface area contributed by atoms with Gasteiger partial charge in [-0.25, -0.2) is 14.2 Å². The molecule has 0 saturated carbocycles. The molecule has 134 valence electrons. The normalized spacial score (nSPS) is 17.6. The van der Waals surface area contributed by atoms with Crippen LogP contribution in [-0.2, 0) is 0 Å². The van der Waals surface area contributed by atoms with Gasteiger partial charge in [-0.2, -0.15) is 0 Å². The van der Waals surface area contributed by atoms with Crippen LogP contribution in [0.4, 0.5) is 14.9 Å². The number of carbonyl (C=O) groups excluding carboxylic acids is 1. The summed E-state index contributed by atoms with van der Waals surface area (Å²) in [6, 6.07) is 4.03. The lowest BCUT2D eigenvalue weighted by atomic mass is 10.0. The van der Waals surface area contributed by atoms with Crippen molar-refractivity contribution in [2.45, 2.75) is 45.3 Å². The SMILES string of the molecule is CC(C)Oc1ccc(NC(=O)N2CCCC[C@@H]2c2ncc[nH]2)c(F)c1. The average molecular weight is 346 g/mol. The van der Waals surface area contributed by atoms with Gasteiger partial charge in [0, 0.05) is 25.0 Å². The molecule has 2 amide bonds. The van der Waals surface area contributed by atoms with Crippen LogP contribution in [-0.4, -0.2) is 33.5 Å². The number of likely N-dealkylation sites (tertiary alicyclic amines) is 1. The number of hydrogen-bond donors (Lipinski definition) is 2. The van der Waals surface area contributed by atoms with E-state index in [4.69, 9.17) is 4.74 Å². The molecular formula is C18H23FN4O2.